The van der Waals surface area contributed by atoms with Crippen LogP contribution in [0.2, 0.25) is 5.15 Å². The van der Waals surface area contributed by atoms with Crippen molar-refractivity contribution in [3.05, 3.63) is 17.0 Å². The molecule has 2 heterocycles. The van der Waals surface area contributed by atoms with Crippen LogP contribution in [0.15, 0.2) is 10.6 Å². The predicted molar refractivity (Wildman–Crippen MR) is 62.2 cm³/mol. The summed E-state index contributed by atoms with van der Waals surface area (Å²) in [5.74, 6) is 0.0408. The molecule has 0 spiro atoms. The third-order valence-electron chi connectivity index (χ3n) is 2.90. The van der Waals surface area contributed by atoms with Gasteiger partial charge in [-0.3, -0.25) is 4.79 Å². The monoisotopic (exact) mass is 312 g/mol. The van der Waals surface area contributed by atoms with Gasteiger partial charge >= 0.3 is 6.18 Å². The number of rotatable bonds is 3. The zero-order chi connectivity index (χ0) is 14.8. The fraction of sp³-hybridized carbons (Fsp3) is 0.636. The average Bonchev–Trinajstić information content (AvgIpc) is 2.81. The maximum atomic E-state index is 12.5. The molecule has 1 atom stereocenters. The van der Waals surface area contributed by atoms with Gasteiger partial charge in [0.05, 0.1) is 13.2 Å². The first-order chi connectivity index (χ1) is 9.36. The van der Waals surface area contributed by atoms with Crippen LogP contribution in [-0.2, 0) is 16.0 Å². The number of alkyl halides is 3. The molecule has 9 heteroatoms. The molecule has 1 aromatic rings. The number of carbonyl (C=O) groups is 1. The minimum Gasteiger partial charge on any atom is -0.365 e. The molecule has 0 bridgehead atoms. The maximum absolute atomic E-state index is 12.5. The van der Waals surface area contributed by atoms with Gasteiger partial charge in [-0.25, -0.2) is 0 Å². The van der Waals surface area contributed by atoms with Crippen molar-refractivity contribution in [3.8, 4) is 0 Å². The Bertz CT molecular complexity index is 478. The third-order valence-corrected chi connectivity index (χ3v) is 3.08. The lowest BCUT2D eigenvalue weighted by Gasteiger charge is -2.33. The lowest BCUT2D eigenvalue weighted by molar-refractivity contribution is -0.236. The highest BCUT2D eigenvalue weighted by Crippen LogP contribution is 2.26. The molecule has 112 valence electrons. The smallest absolute Gasteiger partial charge is 0.365 e. The number of hydrogen-bond acceptors (Lipinski definition) is 4. The highest BCUT2D eigenvalue weighted by atomic mass is 35.5. The van der Waals surface area contributed by atoms with Gasteiger partial charge in [0.2, 0.25) is 5.91 Å². The number of carbonyl (C=O) groups excluding carboxylic acids is 1. The molecule has 5 nitrogen and oxygen atoms in total. The van der Waals surface area contributed by atoms with Gasteiger partial charge in [-0.15, -0.1) is 0 Å². The number of morpholine rings is 1. The predicted octanol–water partition coefficient (Wildman–Crippen LogP) is 2.05. The number of amides is 1. The van der Waals surface area contributed by atoms with Crippen molar-refractivity contribution >= 4 is 17.5 Å². The molecule has 1 fully saturated rings. The van der Waals surface area contributed by atoms with E-state index in [1.807, 2.05) is 0 Å². The van der Waals surface area contributed by atoms with Crippen molar-refractivity contribution in [2.45, 2.75) is 25.1 Å². The number of halogens is 4. The van der Waals surface area contributed by atoms with E-state index in [4.69, 9.17) is 16.1 Å². The van der Waals surface area contributed by atoms with Gasteiger partial charge in [-0.05, 0) is 0 Å². The van der Waals surface area contributed by atoms with Crippen LogP contribution in [0.5, 0.6) is 0 Å². The van der Waals surface area contributed by atoms with E-state index in [0.29, 0.717) is 5.76 Å². The Morgan fingerprint density at radius 1 is 1.55 bits per heavy atom. The molecule has 0 radical (unpaired) electrons. The van der Waals surface area contributed by atoms with Crippen molar-refractivity contribution in [2.75, 3.05) is 19.7 Å². The molecule has 1 aliphatic rings. The number of ether oxygens (including phenoxy) is 1. The van der Waals surface area contributed by atoms with Crippen LogP contribution >= 0.6 is 11.6 Å². The van der Waals surface area contributed by atoms with Crippen LogP contribution < -0.4 is 0 Å². The fourth-order valence-corrected chi connectivity index (χ4v) is 2.02. The average molecular weight is 313 g/mol. The van der Waals surface area contributed by atoms with Crippen molar-refractivity contribution in [2.24, 2.45) is 0 Å². The van der Waals surface area contributed by atoms with Crippen LogP contribution in [0.1, 0.15) is 12.2 Å². The Balaban J connectivity index is 1.86. The summed E-state index contributed by atoms with van der Waals surface area (Å²) in [6, 6.07) is 1.46. The van der Waals surface area contributed by atoms with Gasteiger partial charge in [0.1, 0.15) is 5.76 Å². The topological polar surface area (TPSA) is 55.6 Å². The van der Waals surface area contributed by atoms with Crippen LogP contribution in [-0.4, -0.2) is 47.9 Å². The summed E-state index contributed by atoms with van der Waals surface area (Å²) < 4.78 is 47.0. The second-order valence-corrected chi connectivity index (χ2v) is 4.74. The zero-order valence-corrected chi connectivity index (χ0v) is 11.1. The number of aromatic nitrogens is 1. The summed E-state index contributed by atoms with van der Waals surface area (Å²) in [6.45, 7) is -0.438. The molecule has 1 aliphatic heterocycles. The van der Waals surface area contributed by atoms with Gasteiger partial charge in [0.25, 0.3) is 0 Å². The van der Waals surface area contributed by atoms with E-state index in [2.05, 4.69) is 9.89 Å². The van der Waals surface area contributed by atoms with Gasteiger partial charge in [-0.2, -0.15) is 13.2 Å². The van der Waals surface area contributed by atoms with Crippen LogP contribution in [0.4, 0.5) is 13.2 Å². The Kier molecular flexibility index (Phi) is 4.54. The highest BCUT2D eigenvalue weighted by molar-refractivity contribution is 6.29. The number of hydrogen-bond donors (Lipinski definition) is 0. The minimum atomic E-state index is -4.46. The number of aryl methyl sites for hydroxylation is 1. The maximum Gasteiger partial charge on any atom is 0.416 e. The first kappa shape index (κ1) is 15.1. The van der Waals surface area contributed by atoms with Crippen molar-refractivity contribution < 1.29 is 27.2 Å². The largest absolute Gasteiger partial charge is 0.416 e. The second-order valence-electron chi connectivity index (χ2n) is 4.36. The summed E-state index contributed by atoms with van der Waals surface area (Å²) in [5, 5.41) is 3.63. The highest BCUT2D eigenvalue weighted by Gasteiger charge is 2.44. The lowest BCUT2D eigenvalue weighted by atomic mass is 10.2. The van der Waals surface area contributed by atoms with Crippen molar-refractivity contribution in [1.82, 2.24) is 10.1 Å². The van der Waals surface area contributed by atoms with Crippen LogP contribution in [0, 0.1) is 0 Å². The molecule has 0 saturated carbocycles. The number of nitrogens with zero attached hydrogens (tertiary/aromatic N) is 2. The molecular weight excluding hydrogens is 301 g/mol. The van der Waals surface area contributed by atoms with Gasteiger partial charge in [0.15, 0.2) is 11.3 Å². The standard InChI is InChI=1S/C11H12ClF3N2O3/c12-9-5-7(20-16-9)1-2-10(18)17-3-4-19-8(6-17)11(13,14)15/h5,8H,1-4,6H2. The molecule has 1 unspecified atom stereocenters. The summed E-state index contributed by atoms with van der Waals surface area (Å²) in [6.07, 6.45) is -6.10. The molecule has 0 aromatic carbocycles. The Hall–Kier alpha value is -1.28. The zero-order valence-electron chi connectivity index (χ0n) is 10.3. The summed E-state index contributed by atoms with van der Waals surface area (Å²) in [4.78, 5) is 13.0. The molecule has 1 aromatic heterocycles. The van der Waals surface area contributed by atoms with E-state index in [9.17, 15) is 18.0 Å². The molecular formula is C11H12ClF3N2O3. The Labute approximate surface area is 117 Å². The summed E-state index contributed by atoms with van der Waals surface area (Å²) >= 11 is 5.55. The first-order valence-corrected chi connectivity index (χ1v) is 6.31. The quantitative estimate of drug-likeness (QED) is 0.857. The van der Waals surface area contributed by atoms with Crippen molar-refractivity contribution in [1.29, 1.82) is 0 Å². The molecule has 0 aliphatic carbocycles. The fourth-order valence-electron chi connectivity index (χ4n) is 1.87. The molecule has 20 heavy (non-hydrogen) atoms. The first-order valence-electron chi connectivity index (χ1n) is 5.93. The van der Waals surface area contributed by atoms with E-state index in [1.54, 1.807) is 0 Å². The second kappa shape index (κ2) is 6.01. The van der Waals surface area contributed by atoms with E-state index in [-0.39, 0.29) is 37.1 Å². The third kappa shape index (κ3) is 3.86. The molecule has 1 saturated heterocycles. The van der Waals surface area contributed by atoms with E-state index in [0.717, 1.165) is 4.90 Å². The van der Waals surface area contributed by atoms with Gasteiger partial charge < -0.3 is 14.2 Å². The summed E-state index contributed by atoms with van der Waals surface area (Å²) in [5.41, 5.74) is 0. The van der Waals surface area contributed by atoms with E-state index in [1.165, 1.54) is 6.07 Å². The van der Waals surface area contributed by atoms with Crippen molar-refractivity contribution in [3.63, 3.8) is 0 Å². The molecule has 0 N–H and O–H groups in total. The Morgan fingerprint density at radius 3 is 2.90 bits per heavy atom. The molecule has 1 amide bonds. The summed E-state index contributed by atoms with van der Waals surface area (Å²) in [7, 11) is 0. The van der Waals surface area contributed by atoms with Crippen LogP contribution in [0.25, 0.3) is 0 Å². The molecule has 2 rings (SSSR count). The van der Waals surface area contributed by atoms with E-state index < -0.39 is 18.8 Å². The SMILES string of the molecule is O=C(CCc1cc(Cl)no1)N1CCOC(C(F)(F)F)C1. The Morgan fingerprint density at radius 2 is 2.30 bits per heavy atom. The normalized spacial score (nSPS) is 20.2. The minimum absolute atomic E-state index is 0.0378. The lowest BCUT2D eigenvalue weighted by Crippen LogP contribution is -2.51. The van der Waals surface area contributed by atoms with Gasteiger partial charge in [0, 0.05) is 25.5 Å². The van der Waals surface area contributed by atoms with Gasteiger partial charge in [-0.1, -0.05) is 16.8 Å². The van der Waals surface area contributed by atoms with Crippen LogP contribution in [0.3, 0.4) is 0 Å². The van der Waals surface area contributed by atoms with E-state index >= 15 is 0 Å².